The van der Waals surface area contributed by atoms with Gasteiger partial charge in [0.15, 0.2) is 5.69 Å². The van der Waals surface area contributed by atoms with Crippen molar-refractivity contribution >= 4 is 33.2 Å². The van der Waals surface area contributed by atoms with Crippen LogP contribution in [0.25, 0.3) is 0 Å². The van der Waals surface area contributed by atoms with Crippen molar-refractivity contribution in [3.63, 3.8) is 0 Å². The summed E-state index contributed by atoms with van der Waals surface area (Å²) in [7, 11) is -3.81. The molecule has 1 amide bonds. The van der Waals surface area contributed by atoms with E-state index < -0.39 is 27.8 Å². The smallest absolute Gasteiger partial charge is 0.382 e. The Kier molecular flexibility index (Phi) is 7.80. The summed E-state index contributed by atoms with van der Waals surface area (Å²) in [6.45, 7) is 2.14. The Morgan fingerprint density at radius 1 is 1.22 bits per heavy atom. The summed E-state index contributed by atoms with van der Waals surface area (Å²) < 4.78 is 82.7. The molecular weight excluding hydrogens is 588 g/mol. The Balaban J connectivity index is 1.21. The number of halogens is 4. The van der Waals surface area contributed by atoms with Crippen LogP contribution in [-0.2, 0) is 40.7 Å². The third kappa shape index (κ3) is 6.53. The molecule has 0 radical (unpaired) electrons. The second-order valence-electron chi connectivity index (χ2n) is 9.86. The first-order chi connectivity index (χ1) is 19.3. The molecule has 0 bridgehead atoms. The van der Waals surface area contributed by atoms with Gasteiger partial charge < -0.3 is 14.4 Å². The van der Waals surface area contributed by atoms with Gasteiger partial charge in [-0.2, -0.15) is 26.7 Å². The molecule has 5 rings (SSSR count). The van der Waals surface area contributed by atoms with E-state index in [0.717, 1.165) is 28.1 Å². The number of alkyl halides is 3. The molecule has 220 valence electrons. The van der Waals surface area contributed by atoms with E-state index in [0.29, 0.717) is 43.0 Å². The van der Waals surface area contributed by atoms with Crippen LogP contribution in [0.5, 0.6) is 5.75 Å². The number of rotatable bonds is 6. The van der Waals surface area contributed by atoms with E-state index in [2.05, 4.69) is 15.4 Å². The fourth-order valence-electron chi connectivity index (χ4n) is 4.80. The van der Waals surface area contributed by atoms with Crippen LogP contribution < -0.4 is 9.50 Å². The molecule has 0 unspecified atom stereocenters. The minimum Gasteiger partial charge on any atom is -0.382 e. The minimum absolute atomic E-state index is 0.00612. The van der Waals surface area contributed by atoms with Gasteiger partial charge in [0.25, 0.3) is 0 Å². The molecule has 0 saturated carbocycles. The van der Waals surface area contributed by atoms with Crippen LogP contribution in [0.2, 0.25) is 0 Å². The maximum absolute atomic E-state index is 14.5. The Morgan fingerprint density at radius 3 is 2.61 bits per heavy atom. The number of aromatic nitrogens is 3. The molecule has 16 heteroatoms. The number of fused-ring (bicyclic) bond motifs is 1. The van der Waals surface area contributed by atoms with Crippen LogP contribution in [0.1, 0.15) is 52.0 Å². The number of nitrogens with one attached hydrogen (secondary N) is 1. The molecule has 10 nitrogen and oxygen atoms in total. The number of carbonyl (C=O) groups is 1. The number of nitrogens with zero attached hydrogens (tertiary/aromatic N) is 5. The fourth-order valence-corrected chi connectivity index (χ4v) is 6.26. The normalized spacial score (nSPS) is 16.5. The lowest BCUT2D eigenvalue weighted by Gasteiger charge is -2.31. The molecule has 0 spiro atoms. The second kappa shape index (κ2) is 11.0. The zero-order valence-corrected chi connectivity index (χ0v) is 23.7. The maximum atomic E-state index is 14.5. The SMILES string of the molecule is Cc1cc(C(F)(F)F)nn1CC(=O)N1CCC(c2nc(C3=NCc4c(OS(C)(=O)=O)ccc(F)c4CN3)cs2)CC1. The van der Waals surface area contributed by atoms with Crippen LogP contribution >= 0.6 is 11.3 Å². The third-order valence-electron chi connectivity index (χ3n) is 6.92. The molecule has 1 fully saturated rings. The van der Waals surface area contributed by atoms with Crippen molar-refractivity contribution in [1.29, 1.82) is 0 Å². The third-order valence-corrected chi connectivity index (χ3v) is 8.41. The number of amidine groups is 1. The highest BCUT2D eigenvalue weighted by atomic mass is 32.2. The molecule has 4 heterocycles. The molecule has 1 saturated heterocycles. The first-order valence-electron chi connectivity index (χ1n) is 12.6. The average Bonchev–Trinajstić information content (AvgIpc) is 3.46. The average molecular weight is 615 g/mol. The zero-order chi connectivity index (χ0) is 29.5. The van der Waals surface area contributed by atoms with E-state index in [1.54, 1.807) is 4.90 Å². The summed E-state index contributed by atoms with van der Waals surface area (Å²) in [6, 6.07) is 3.34. The van der Waals surface area contributed by atoms with Gasteiger partial charge in [-0.25, -0.2) is 9.37 Å². The number of benzene rings is 1. The Bertz CT molecular complexity index is 1610. The van der Waals surface area contributed by atoms with Crippen LogP contribution in [0.3, 0.4) is 0 Å². The van der Waals surface area contributed by atoms with Crippen molar-refractivity contribution in [2.45, 2.75) is 51.5 Å². The van der Waals surface area contributed by atoms with Crippen LogP contribution in [0.4, 0.5) is 17.6 Å². The lowest BCUT2D eigenvalue weighted by molar-refractivity contribution is -0.142. The Hall–Kier alpha value is -3.53. The van der Waals surface area contributed by atoms with Gasteiger partial charge in [0.2, 0.25) is 5.91 Å². The molecule has 41 heavy (non-hydrogen) atoms. The van der Waals surface area contributed by atoms with Gasteiger partial charge in [0.05, 0.1) is 17.8 Å². The number of amides is 1. The van der Waals surface area contributed by atoms with Gasteiger partial charge >= 0.3 is 16.3 Å². The van der Waals surface area contributed by atoms with Gasteiger partial charge in [-0.3, -0.25) is 14.5 Å². The molecule has 2 aliphatic rings. The van der Waals surface area contributed by atoms with Crippen LogP contribution in [0.15, 0.2) is 28.6 Å². The van der Waals surface area contributed by atoms with Crippen molar-refractivity contribution in [2.75, 3.05) is 19.3 Å². The number of carbonyl (C=O) groups excluding carboxylic acids is 1. The largest absolute Gasteiger partial charge is 0.435 e. The Morgan fingerprint density at radius 2 is 1.95 bits per heavy atom. The van der Waals surface area contributed by atoms with Gasteiger partial charge in [-0.15, -0.1) is 11.3 Å². The Labute approximate surface area is 237 Å². The van der Waals surface area contributed by atoms with Crippen LogP contribution in [-0.4, -0.2) is 59.2 Å². The van der Waals surface area contributed by atoms with Gasteiger partial charge in [0.1, 0.15) is 29.6 Å². The van der Waals surface area contributed by atoms with Crippen molar-refractivity contribution < 1.29 is 35.0 Å². The topological polar surface area (TPSA) is 119 Å². The first kappa shape index (κ1) is 29.0. The molecule has 0 aliphatic carbocycles. The summed E-state index contributed by atoms with van der Waals surface area (Å²) in [5, 5.41) is 9.30. The highest BCUT2D eigenvalue weighted by molar-refractivity contribution is 7.86. The van der Waals surface area contributed by atoms with Gasteiger partial charge in [-0.05, 0) is 38.0 Å². The van der Waals surface area contributed by atoms with Gasteiger partial charge in [0, 0.05) is 47.8 Å². The van der Waals surface area contributed by atoms with E-state index in [-0.39, 0.29) is 48.5 Å². The predicted octanol–water partition coefficient (Wildman–Crippen LogP) is 3.60. The number of piperidine rings is 1. The zero-order valence-electron chi connectivity index (χ0n) is 22.0. The van der Waals surface area contributed by atoms with E-state index >= 15 is 0 Å². The number of aryl methyl sites for hydroxylation is 1. The maximum Gasteiger partial charge on any atom is 0.435 e. The summed E-state index contributed by atoms with van der Waals surface area (Å²) >= 11 is 1.44. The van der Waals surface area contributed by atoms with Crippen molar-refractivity contribution in [1.82, 2.24) is 25.0 Å². The van der Waals surface area contributed by atoms with Crippen molar-refractivity contribution in [3.05, 3.63) is 62.6 Å². The van der Waals surface area contributed by atoms with Crippen molar-refractivity contribution in [2.24, 2.45) is 4.99 Å². The molecule has 2 aliphatic heterocycles. The minimum atomic E-state index is -4.57. The van der Waals surface area contributed by atoms with E-state index in [4.69, 9.17) is 9.17 Å². The standard InChI is InChI=1S/C25H26F4N6O4S2/c1-14-9-21(25(27,28)29)33-35(14)12-22(36)34-7-5-15(6-8-34)24-32-19(13-40-24)23-30-10-16-17(11-31-23)20(4-3-18(16)26)39-41(2,37)38/h3-4,9,13,15H,5-8,10-12H2,1-2H3,(H,30,31). The number of aliphatic imine (C=N–C) groups is 1. The molecule has 0 atom stereocenters. The molecular formula is C25H26F4N6O4S2. The number of hydrogen-bond donors (Lipinski definition) is 1. The quantitative estimate of drug-likeness (QED) is 0.333. The molecule has 1 aromatic carbocycles. The van der Waals surface area contributed by atoms with E-state index in [9.17, 15) is 30.8 Å². The van der Waals surface area contributed by atoms with Crippen LogP contribution in [0, 0.1) is 12.7 Å². The fraction of sp³-hybridized carbons (Fsp3) is 0.440. The highest BCUT2D eigenvalue weighted by Gasteiger charge is 2.35. The summed E-state index contributed by atoms with van der Waals surface area (Å²) in [4.78, 5) is 23.6. The summed E-state index contributed by atoms with van der Waals surface area (Å²) in [6.07, 6.45) is -2.39. The molecule has 2 aromatic heterocycles. The van der Waals surface area contributed by atoms with E-state index in [1.807, 2.05) is 5.38 Å². The highest BCUT2D eigenvalue weighted by Crippen LogP contribution is 2.33. The first-order valence-corrected chi connectivity index (χ1v) is 15.3. The number of thiazole rings is 1. The lowest BCUT2D eigenvalue weighted by Crippen LogP contribution is -2.40. The summed E-state index contributed by atoms with van der Waals surface area (Å²) in [5.74, 6) is -0.259. The summed E-state index contributed by atoms with van der Waals surface area (Å²) in [5.41, 5.74) is 0.404. The lowest BCUT2D eigenvalue weighted by atomic mass is 9.97. The second-order valence-corrected chi connectivity index (χ2v) is 12.3. The molecule has 3 aromatic rings. The number of hydrogen-bond acceptors (Lipinski definition) is 9. The van der Waals surface area contributed by atoms with Crippen molar-refractivity contribution in [3.8, 4) is 5.75 Å². The number of likely N-dealkylation sites (tertiary alicyclic amines) is 1. The van der Waals surface area contributed by atoms with E-state index in [1.165, 1.54) is 24.3 Å². The predicted molar refractivity (Wildman–Crippen MR) is 142 cm³/mol. The monoisotopic (exact) mass is 614 g/mol. The van der Waals surface area contributed by atoms with Gasteiger partial charge in [-0.1, -0.05) is 0 Å². The molecule has 1 N–H and O–H groups in total.